The first-order chi connectivity index (χ1) is 13.9. The molecule has 0 saturated carbocycles. The zero-order chi connectivity index (χ0) is 20.6. The Balaban J connectivity index is 1.50. The fraction of sp³-hybridized carbons (Fsp3) is 0.500. The molecule has 1 N–H and O–H groups in total. The largest absolute Gasteiger partial charge is 0.354 e. The molecule has 5 nitrogen and oxygen atoms in total. The summed E-state index contributed by atoms with van der Waals surface area (Å²) in [6.45, 7) is 5.54. The molecule has 0 radical (unpaired) electrons. The van der Waals surface area contributed by atoms with Crippen molar-refractivity contribution < 1.29 is 9.59 Å². The van der Waals surface area contributed by atoms with Crippen LogP contribution in [0.25, 0.3) is 0 Å². The second-order valence-electron chi connectivity index (χ2n) is 8.99. The van der Waals surface area contributed by atoms with E-state index in [1.165, 1.54) is 11.1 Å². The summed E-state index contributed by atoms with van der Waals surface area (Å²) in [5, 5.41) is 3.04. The number of benzene rings is 1. The van der Waals surface area contributed by atoms with E-state index < -0.39 is 0 Å². The molecule has 2 heterocycles. The number of carbonyl (C=O) groups is 2. The number of likely N-dealkylation sites (tertiary alicyclic amines) is 1. The smallest absolute Gasteiger partial charge is 0.270 e. The van der Waals surface area contributed by atoms with Crippen molar-refractivity contribution in [2.24, 2.45) is 7.05 Å². The van der Waals surface area contributed by atoms with Gasteiger partial charge in [0, 0.05) is 38.8 Å². The minimum Gasteiger partial charge on any atom is -0.354 e. The van der Waals surface area contributed by atoms with E-state index >= 15 is 0 Å². The maximum Gasteiger partial charge on any atom is 0.270 e. The maximum absolute atomic E-state index is 12.9. The fourth-order valence-corrected chi connectivity index (χ4v) is 5.27. The predicted octanol–water partition coefficient (Wildman–Crippen LogP) is 3.60. The molecule has 2 amide bonds. The Morgan fingerprint density at radius 2 is 1.86 bits per heavy atom. The van der Waals surface area contributed by atoms with Crippen LogP contribution in [0.3, 0.4) is 0 Å². The van der Waals surface area contributed by atoms with Crippen LogP contribution in [0.2, 0.25) is 0 Å². The van der Waals surface area contributed by atoms with Gasteiger partial charge in [-0.1, -0.05) is 24.3 Å². The highest BCUT2D eigenvalue weighted by atomic mass is 16.2. The van der Waals surface area contributed by atoms with Crippen LogP contribution in [0, 0.1) is 0 Å². The second kappa shape index (κ2) is 7.69. The zero-order valence-corrected chi connectivity index (χ0v) is 17.6. The molecule has 1 spiro atoms. The van der Waals surface area contributed by atoms with E-state index in [-0.39, 0.29) is 29.2 Å². The van der Waals surface area contributed by atoms with Gasteiger partial charge in [-0.25, -0.2) is 0 Å². The summed E-state index contributed by atoms with van der Waals surface area (Å²) in [6, 6.07) is 12.6. The lowest BCUT2D eigenvalue weighted by Gasteiger charge is -2.40. The van der Waals surface area contributed by atoms with Gasteiger partial charge in [-0.15, -0.1) is 0 Å². The number of nitrogens with zero attached hydrogens (tertiary/aromatic N) is 2. The van der Waals surface area contributed by atoms with Crippen molar-refractivity contribution >= 4 is 11.8 Å². The van der Waals surface area contributed by atoms with Gasteiger partial charge in [-0.3, -0.25) is 9.59 Å². The van der Waals surface area contributed by atoms with Crippen LogP contribution in [0.15, 0.2) is 42.6 Å². The van der Waals surface area contributed by atoms with Gasteiger partial charge in [0.25, 0.3) is 5.91 Å². The third kappa shape index (κ3) is 3.70. The number of fused-ring (bicyclic) bond motifs is 2. The van der Waals surface area contributed by atoms with E-state index in [4.69, 9.17) is 0 Å². The lowest BCUT2D eigenvalue weighted by atomic mass is 9.73. The highest BCUT2D eigenvalue weighted by Gasteiger charge is 2.46. The topological polar surface area (TPSA) is 54.3 Å². The van der Waals surface area contributed by atoms with Gasteiger partial charge >= 0.3 is 0 Å². The molecular formula is C24H31N3O2. The molecule has 1 saturated heterocycles. The summed E-state index contributed by atoms with van der Waals surface area (Å²) in [5.41, 5.74) is 3.56. The van der Waals surface area contributed by atoms with Crippen molar-refractivity contribution in [1.82, 2.24) is 14.8 Å². The standard InChI is InChI=1S/C24H31N3O2/c1-17(2)25-22(28)15-18-16-24(20-8-5-4-7-19(18)20)10-13-27(14-11-24)23(29)21-9-6-12-26(21)3/h4-9,12,17-18H,10-11,13-16H2,1-3H3,(H,25,28)/t18-/m0/s1. The highest BCUT2D eigenvalue weighted by Crippen LogP contribution is 2.52. The minimum atomic E-state index is 0.0877. The van der Waals surface area contributed by atoms with Crippen molar-refractivity contribution in [2.45, 2.75) is 56.9 Å². The van der Waals surface area contributed by atoms with E-state index in [2.05, 4.69) is 29.6 Å². The number of rotatable bonds is 4. The number of piperidine rings is 1. The maximum atomic E-state index is 12.9. The second-order valence-corrected chi connectivity index (χ2v) is 8.99. The van der Waals surface area contributed by atoms with Crippen LogP contribution in [-0.4, -0.2) is 40.4 Å². The first kappa shape index (κ1) is 19.7. The Morgan fingerprint density at radius 1 is 1.14 bits per heavy atom. The third-order valence-electron chi connectivity index (χ3n) is 6.66. The molecule has 1 atom stereocenters. The summed E-state index contributed by atoms with van der Waals surface area (Å²) in [6.07, 6.45) is 5.39. The predicted molar refractivity (Wildman–Crippen MR) is 114 cm³/mol. The fourth-order valence-electron chi connectivity index (χ4n) is 5.27. The monoisotopic (exact) mass is 393 g/mol. The Morgan fingerprint density at radius 3 is 2.52 bits per heavy atom. The molecule has 0 unspecified atom stereocenters. The molecule has 1 aliphatic carbocycles. The van der Waals surface area contributed by atoms with Gasteiger partial charge in [-0.2, -0.15) is 0 Å². The Labute approximate surface area is 173 Å². The molecule has 1 aromatic carbocycles. The van der Waals surface area contributed by atoms with Gasteiger partial charge in [0.1, 0.15) is 5.69 Å². The van der Waals surface area contributed by atoms with Crippen molar-refractivity contribution in [2.75, 3.05) is 13.1 Å². The molecule has 1 aliphatic heterocycles. The van der Waals surface area contributed by atoms with Crippen LogP contribution < -0.4 is 5.32 Å². The summed E-state index contributed by atoms with van der Waals surface area (Å²) < 4.78 is 1.89. The van der Waals surface area contributed by atoms with Crippen LogP contribution in [0.1, 0.15) is 67.1 Å². The number of aromatic nitrogens is 1. The van der Waals surface area contributed by atoms with Gasteiger partial charge in [0.05, 0.1) is 0 Å². The number of amides is 2. The number of carbonyl (C=O) groups excluding carboxylic acids is 2. The van der Waals surface area contributed by atoms with E-state index in [1.807, 2.05) is 48.7 Å². The molecule has 154 valence electrons. The first-order valence-electron chi connectivity index (χ1n) is 10.7. The molecule has 5 heteroatoms. The number of nitrogens with one attached hydrogen (secondary N) is 1. The van der Waals surface area contributed by atoms with Crippen molar-refractivity contribution in [1.29, 1.82) is 0 Å². The number of aryl methyl sites for hydroxylation is 1. The van der Waals surface area contributed by atoms with Crippen molar-refractivity contribution in [3.05, 3.63) is 59.4 Å². The lowest BCUT2D eigenvalue weighted by Crippen LogP contribution is -2.44. The van der Waals surface area contributed by atoms with E-state index in [0.29, 0.717) is 6.42 Å². The summed E-state index contributed by atoms with van der Waals surface area (Å²) in [4.78, 5) is 27.3. The minimum absolute atomic E-state index is 0.0877. The van der Waals surface area contributed by atoms with Crippen LogP contribution >= 0.6 is 0 Å². The van der Waals surface area contributed by atoms with Crippen LogP contribution in [-0.2, 0) is 17.3 Å². The Hall–Kier alpha value is -2.56. The van der Waals surface area contributed by atoms with Crippen LogP contribution in [0.4, 0.5) is 0 Å². The van der Waals surface area contributed by atoms with E-state index in [1.54, 1.807) is 0 Å². The Kier molecular flexibility index (Phi) is 5.24. The normalized spacial score (nSPS) is 20.1. The van der Waals surface area contributed by atoms with Gasteiger partial charge in [-0.05, 0) is 67.7 Å². The van der Waals surface area contributed by atoms with E-state index in [9.17, 15) is 9.59 Å². The zero-order valence-electron chi connectivity index (χ0n) is 17.6. The molecule has 1 fully saturated rings. The van der Waals surface area contributed by atoms with Gasteiger partial charge in [0.15, 0.2) is 0 Å². The van der Waals surface area contributed by atoms with Gasteiger partial charge in [0.2, 0.25) is 5.91 Å². The molecule has 2 aliphatic rings. The number of hydrogen-bond acceptors (Lipinski definition) is 2. The van der Waals surface area contributed by atoms with E-state index in [0.717, 1.165) is 38.0 Å². The van der Waals surface area contributed by atoms with Crippen molar-refractivity contribution in [3.8, 4) is 0 Å². The average molecular weight is 394 g/mol. The summed E-state index contributed by atoms with van der Waals surface area (Å²) >= 11 is 0. The summed E-state index contributed by atoms with van der Waals surface area (Å²) in [7, 11) is 1.92. The molecular weight excluding hydrogens is 362 g/mol. The average Bonchev–Trinajstić information content (AvgIpc) is 3.24. The first-order valence-corrected chi connectivity index (χ1v) is 10.7. The molecule has 29 heavy (non-hydrogen) atoms. The molecule has 2 aromatic rings. The summed E-state index contributed by atoms with van der Waals surface area (Å²) in [5.74, 6) is 0.514. The molecule has 0 bridgehead atoms. The highest BCUT2D eigenvalue weighted by molar-refractivity contribution is 5.92. The molecule has 4 rings (SSSR count). The number of hydrogen-bond donors (Lipinski definition) is 1. The Bertz CT molecular complexity index is 906. The quantitative estimate of drug-likeness (QED) is 0.863. The van der Waals surface area contributed by atoms with Crippen LogP contribution in [0.5, 0.6) is 0 Å². The van der Waals surface area contributed by atoms with Gasteiger partial charge < -0.3 is 14.8 Å². The lowest BCUT2D eigenvalue weighted by molar-refractivity contribution is -0.122. The SMILES string of the molecule is CC(C)NC(=O)C[C@H]1CC2(CCN(C(=O)c3cccn3C)CC2)c2ccccc21. The van der Waals surface area contributed by atoms with Crippen molar-refractivity contribution in [3.63, 3.8) is 0 Å². The molecule has 1 aromatic heterocycles. The third-order valence-corrected chi connectivity index (χ3v) is 6.66.